The fraction of sp³-hybridized carbons (Fsp3) is 0.571. The maximum atomic E-state index is 12.4. The lowest BCUT2D eigenvalue weighted by molar-refractivity contribution is 0.556. The summed E-state index contributed by atoms with van der Waals surface area (Å²) in [7, 11) is -1.60. The average molecular weight is 316 g/mol. The first-order valence-corrected chi connectivity index (χ1v) is 9.54. The van der Waals surface area contributed by atoms with Crippen LogP contribution in [0.2, 0.25) is 0 Å². The van der Waals surface area contributed by atoms with E-state index in [1.165, 1.54) is 0 Å². The van der Waals surface area contributed by atoms with Crippen LogP contribution in [0.5, 0.6) is 0 Å². The van der Waals surface area contributed by atoms with Gasteiger partial charge in [-0.25, -0.2) is 13.1 Å². The maximum absolute atomic E-state index is 12.4. The van der Waals surface area contributed by atoms with E-state index in [9.17, 15) is 8.42 Å². The summed E-state index contributed by atoms with van der Waals surface area (Å²) >= 11 is 1.72. The molecule has 1 aromatic rings. The Hall–Kier alpha value is -0.560. The molecule has 2 N–H and O–H groups in total. The van der Waals surface area contributed by atoms with Gasteiger partial charge >= 0.3 is 0 Å². The molecule has 0 bridgehead atoms. The summed E-state index contributed by atoms with van der Waals surface area (Å²) in [5, 5.41) is 3.05. The van der Waals surface area contributed by atoms with Gasteiger partial charge in [0.15, 0.2) is 0 Å². The van der Waals surface area contributed by atoms with Crippen molar-refractivity contribution >= 4 is 21.8 Å². The monoisotopic (exact) mass is 316 g/mol. The van der Waals surface area contributed by atoms with Gasteiger partial charge in [-0.15, -0.1) is 0 Å². The number of sulfonamides is 1. The second-order valence-corrected chi connectivity index (χ2v) is 7.54. The molecule has 0 aliphatic heterocycles. The van der Waals surface area contributed by atoms with Gasteiger partial charge in [0.25, 0.3) is 0 Å². The molecular weight excluding hydrogens is 292 g/mol. The highest BCUT2D eigenvalue weighted by atomic mass is 32.2. The van der Waals surface area contributed by atoms with E-state index in [4.69, 9.17) is 0 Å². The lowest BCUT2D eigenvalue weighted by Gasteiger charge is -2.16. The molecule has 0 radical (unpaired) electrons. The maximum Gasteiger partial charge on any atom is 0.241 e. The van der Waals surface area contributed by atoms with E-state index >= 15 is 0 Å². The quantitative estimate of drug-likeness (QED) is 0.771. The highest BCUT2D eigenvalue weighted by Crippen LogP contribution is 2.19. The van der Waals surface area contributed by atoms with Crippen molar-refractivity contribution in [2.75, 3.05) is 19.1 Å². The number of rotatable bonds is 8. The zero-order valence-corrected chi connectivity index (χ0v) is 14.2. The van der Waals surface area contributed by atoms with Crippen LogP contribution in [0, 0.1) is 6.92 Å². The summed E-state index contributed by atoms with van der Waals surface area (Å²) in [6.07, 6.45) is 2.85. The molecule has 0 fully saturated rings. The van der Waals surface area contributed by atoms with Crippen LogP contribution in [0.25, 0.3) is 0 Å². The van der Waals surface area contributed by atoms with Gasteiger partial charge in [0, 0.05) is 12.6 Å². The van der Waals surface area contributed by atoms with Crippen molar-refractivity contribution < 1.29 is 8.42 Å². The third kappa shape index (κ3) is 4.77. The molecule has 1 atom stereocenters. The van der Waals surface area contributed by atoms with Crippen molar-refractivity contribution in [1.82, 2.24) is 10.0 Å². The zero-order chi connectivity index (χ0) is 15.2. The van der Waals surface area contributed by atoms with Gasteiger partial charge in [0.1, 0.15) is 0 Å². The molecular formula is C14H24N2O2S2. The van der Waals surface area contributed by atoms with Gasteiger partial charge in [-0.2, -0.15) is 11.8 Å². The first kappa shape index (κ1) is 17.5. The summed E-state index contributed by atoms with van der Waals surface area (Å²) in [5.41, 5.74) is 1.82. The van der Waals surface area contributed by atoms with E-state index in [1.807, 2.05) is 33.2 Å². The van der Waals surface area contributed by atoms with E-state index in [0.717, 1.165) is 23.3 Å². The Morgan fingerprint density at radius 2 is 2.05 bits per heavy atom. The molecule has 1 unspecified atom stereocenters. The van der Waals surface area contributed by atoms with Crippen LogP contribution in [0.3, 0.4) is 0 Å². The Labute approximate surface area is 126 Å². The molecule has 0 spiro atoms. The van der Waals surface area contributed by atoms with Crippen LogP contribution >= 0.6 is 11.8 Å². The van der Waals surface area contributed by atoms with Crippen LogP contribution in [0.15, 0.2) is 23.1 Å². The van der Waals surface area contributed by atoms with Gasteiger partial charge in [0.05, 0.1) is 4.90 Å². The molecule has 4 nitrogen and oxygen atoms in total. The van der Waals surface area contributed by atoms with Crippen molar-refractivity contribution in [2.45, 2.75) is 37.8 Å². The van der Waals surface area contributed by atoms with Gasteiger partial charge in [-0.3, -0.25) is 0 Å². The van der Waals surface area contributed by atoms with Crippen molar-refractivity contribution in [3.8, 4) is 0 Å². The Kier molecular flexibility index (Phi) is 7.02. The third-order valence-corrected chi connectivity index (χ3v) is 5.54. The second kappa shape index (κ2) is 8.02. The fourth-order valence-corrected chi connectivity index (χ4v) is 4.17. The molecule has 0 aromatic heterocycles. The Morgan fingerprint density at radius 3 is 2.65 bits per heavy atom. The van der Waals surface area contributed by atoms with E-state index in [1.54, 1.807) is 23.9 Å². The van der Waals surface area contributed by atoms with Crippen molar-refractivity contribution in [3.05, 3.63) is 29.3 Å². The summed E-state index contributed by atoms with van der Waals surface area (Å²) in [4.78, 5) is 0.376. The minimum absolute atomic E-state index is 0.0557. The number of hydrogen-bond donors (Lipinski definition) is 2. The topological polar surface area (TPSA) is 58.2 Å². The molecule has 1 rings (SSSR count). The molecule has 0 amide bonds. The molecule has 0 heterocycles. The van der Waals surface area contributed by atoms with Crippen LogP contribution in [0.4, 0.5) is 0 Å². The zero-order valence-electron chi connectivity index (χ0n) is 12.6. The van der Waals surface area contributed by atoms with Crippen molar-refractivity contribution in [1.29, 1.82) is 0 Å². The molecule has 114 valence electrons. The highest BCUT2D eigenvalue weighted by Gasteiger charge is 2.20. The van der Waals surface area contributed by atoms with Gasteiger partial charge in [-0.05, 0) is 56.5 Å². The molecule has 0 saturated heterocycles. The normalized spacial score (nSPS) is 13.4. The lowest BCUT2D eigenvalue weighted by atomic mass is 10.1. The predicted molar refractivity (Wildman–Crippen MR) is 86.7 cm³/mol. The minimum Gasteiger partial charge on any atom is -0.316 e. The predicted octanol–water partition coefficient (Wildman–Crippen LogP) is 2.13. The summed E-state index contributed by atoms with van der Waals surface area (Å²) in [6.45, 7) is 4.42. The average Bonchev–Trinajstić information content (AvgIpc) is 2.38. The standard InChI is InChI=1S/C14H24N2O2S2/c1-11(8-9-19-4)16-20(17,18)14-7-5-6-13(10-15-3)12(14)2/h5-7,11,15-16H,8-10H2,1-4H3. The third-order valence-electron chi connectivity index (χ3n) is 3.16. The second-order valence-electron chi connectivity index (χ2n) is 4.87. The molecule has 0 saturated carbocycles. The number of hydrogen-bond acceptors (Lipinski definition) is 4. The van der Waals surface area contributed by atoms with Gasteiger partial charge in [-0.1, -0.05) is 12.1 Å². The Balaban J connectivity index is 2.95. The number of nitrogens with one attached hydrogen (secondary N) is 2. The minimum atomic E-state index is -3.45. The van der Waals surface area contributed by atoms with Crippen LogP contribution in [0.1, 0.15) is 24.5 Å². The smallest absolute Gasteiger partial charge is 0.241 e. The number of thioether (sulfide) groups is 1. The van der Waals surface area contributed by atoms with Gasteiger partial charge in [0.2, 0.25) is 10.0 Å². The van der Waals surface area contributed by atoms with Gasteiger partial charge < -0.3 is 5.32 Å². The van der Waals surface area contributed by atoms with E-state index in [0.29, 0.717) is 11.4 Å². The molecule has 6 heteroatoms. The van der Waals surface area contributed by atoms with Crippen LogP contribution < -0.4 is 10.0 Å². The van der Waals surface area contributed by atoms with Crippen molar-refractivity contribution in [3.63, 3.8) is 0 Å². The largest absolute Gasteiger partial charge is 0.316 e. The highest BCUT2D eigenvalue weighted by molar-refractivity contribution is 7.98. The SMILES string of the molecule is CNCc1cccc(S(=O)(=O)NC(C)CCSC)c1C. The van der Waals surface area contributed by atoms with Crippen molar-refractivity contribution in [2.24, 2.45) is 0 Å². The first-order chi connectivity index (χ1) is 9.42. The Morgan fingerprint density at radius 1 is 1.35 bits per heavy atom. The molecule has 20 heavy (non-hydrogen) atoms. The summed E-state index contributed by atoms with van der Waals surface area (Å²) in [5.74, 6) is 0.947. The summed E-state index contributed by atoms with van der Waals surface area (Å²) < 4.78 is 27.6. The van der Waals surface area contributed by atoms with E-state index in [2.05, 4.69) is 10.0 Å². The number of benzene rings is 1. The van der Waals surface area contributed by atoms with E-state index < -0.39 is 10.0 Å². The summed E-state index contributed by atoms with van der Waals surface area (Å²) in [6, 6.07) is 5.35. The lowest BCUT2D eigenvalue weighted by Crippen LogP contribution is -2.33. The van der Waals surface area contributed by atoms with Crippen LogP contribution in [-0.2, 0) is 16.6 Å². The van der Waals surface area contributed by atoms with E-state index in [-0.39, 0.29) is 6.04 Å². The molecule has 1 aromatic carbocycles. The fourth-order valence-electron chi connectivity index (χ4n) is 2.01. The Bertz CT molecular complexity index is 530. The first-order valence-electron chi connectivity index (χ1n) is 6.66. The molecule has 0 aliphatic rings. The molecule has 0 aliphatic carbocycles. The van der Waals surface area contributed by atoms with Crippen LogP contribution in [-0.4, -0.2) is 33.5 Å².